The number of esters is 2. The first-order valence-electron chi connectivity index (χ1n) is 12.9. The van der Waals surface area contributed by atoms with Crippen LogP contribution in [0.1, 0.15) is 43.6 Å². The molecule has 41 heavy (non-hydrogen) atoms. The van der Waals surface area contributed by atoms with Crippen molar-refractivity contribution in [3.8, 4) is 0 Å². The van der Waals surface area contributed by atoms with E-state index < -0.39 is 47.6 Å². The van der Waals surface area contributed by atoms with Gasteiger partial charge in [-0.1, -0.05) is 30.3 Å². The third kappa shape index (κ3) is 6.93. The SMILES string of the molecule is CC(=O)Nc1nc2c(c(=O)[nH]1)N(C(=O)c1ccc[n+](Cc3ccccc3)c1)[C@@H](C(OC(C)=O)C(C)OC(C)=O)CN2. The van der Waals surface area contributed by atoms with Crippen LogP contribution in [0.2, 0.25) is 0 Å². The van der Waals surface area contributed by atoms with E-state index in [1.807, 2.05) is 41.1 Å². The lowest BCUT2D eigenvalue weighted by Gasteiger charge is -2.41. The van der Waals surface area contributed by atoms with Gasteiger partial charge in [0.1, 0.15) is 11.7 Å². The van der Waals surface area contributed by atoms with Gasteiger partial charge in [-0.15, -0.1) is 0 Å². The summed E-state index contributed by atoms with van der Waals surface area (Å²) >= 11 is 0. The monoisotopic (exact) mass is 563 g/mol. The van der Waals surface area contributed by atoms with E-state index in [9.17, 15) is 24.0 Å². The van der Waals surface area contributed by atoms with Gasteiger partial charge in [0.05, 0.1) is 6.04 Å². The van der Waals surface area contributed by atoms with Crippen molar-refractivity contribution in [2.75, 3.05) is 22.1 Å². The average molecular weight is 564 g/mol. The normalized spacial score (nSPS) is 15.5. The molecular formula is C28H31N6O7+. The largest absolute Gasteiger partial charge is 0.459 e. The molecule has 1 aromatic carbocycles. The average Bonchev–Trinajstić information content (AvgIpc) is 2.90. The Labute approximate surface area is 235 Å². The van der Waals surface area contributed by atoms with Gasteiger partial charge in [-0.3, -0.25) is 39.2 Å². The summed E-state index contributed by atoms with van der Waals surface area (Å²) in [6.45, 7) is 5.68. The zero-order valence-electron chi connectivity index (χ0n) is 23.0. The van der Waals surface area contributed by atoms with Crippen molar-refractivity contribution in [3.05, 3.63) is 76.3 Å². The zero-order valence-corrected chi connectivity index (χ0v) is 23.0. The fourth-order valence-corrected chi connectivity index (χ4v) is 4.70. The predicted molar refractivity (Wildman–Crippen MR) is 147 cm³/mol. The first kappa shape index (κ1) is 28.9. The molecule has 1 aliphatic rings. The van der Waals surface area contributed by atoms with E-state index in [1.165, 1.54) is 32.6 Å². The van der Waals surface area contributed by atoms with Crippen LogP contribution in [0.3, 0.4) is 0 Å². The van der Waals surface area contributed by atoms with E-state index in [0.29, 0.717) is 6.54 Å². The molecule has 0 aliphatic carbocycles. The van der Waals surface area contributed by atoms with E-state index >= 15 is 0 Å². The van der Waals surface area contributed by atoms with Crippen LogP contribution in [-0.2, 0) is 30.4 Å². The maximum Gasteiger partial charge on any atom is 0.303 e. The molecule has 2 amide bonds. The number of rotatable bonds is 8. The third-order valence-corrected chi connectivity index (χ3v) is 6.27. The molecule has 0 fully saturated rings. The lowest BCUT2D eigenvalue weighted by Crippen LogP contribution is -2.59. The van der Waals surface area contributed by atoms with Crippen LogP contribution in [0.4, 0.5) is 17.5 Å². The smallest absolute Gasteiger partial charge is 0.303 e. The minimum Gasteiger partial charge on any atom is -0.459 e. The molecule has 2 unspecified atom stereocenters. The molecule has 0 bridgehead atoms. The highest BCUT2D eigenvalue weighted by atomic mass is 16.6. The Kier molecular flexibility index (Phi) is 8.75. The Hall–Kier alpha value is -5.07. The van der Waals surface area contributed by atoms with E-state index in [4.69, 9.17) is 9.47 Å². The lowest BCUT2D eigenvalue weighted by molar-refractivity contribution is -0.688. The second-order valence-electron chi connectivity index (χ2n) is 9.56. The molecule has 13 nitrogen and oxygen atoms in total. The summed E-state index contributed by atoms with van der Waals surface area (Å²) < 4.78 is 12.7. The number of hydrogen-bond donors (Lipinski definition) is 3. The first-order valence-corrected chi connectivity index (χ1v) is 12.9. The summed E-state index contributed by atoms with van der Waals surface area (Å²) in [4.78, 5) is 71.0. The Bertz CT molecular complexity index is 1520. The Morgan fingerprint density at radius 1 is 1.07 bits per heavy atom. The fraction of sp³-hybridized carbons (Fsp3) is 0.321. The van der Waals surface area contributed by atoms with Crippen molar-refractivity contribution < 1.29 is 33.2 Å². The van der Waals surface area contributed by atoms with Crippen LogP contribution < -0.4 is 25.7 Å². The topological polar surface area (TPSA) is 164 Å². The zero-order chi connectivity index (χ0) is 29.7. The van der Waals surface area contributed by atoms with Gasteiger partial charge in [0, 0.05) is 38.9 Å². The lowest BCUT2D eigenvalue weighted by atomic mass is 10.00. The van der Waals surface area contributed by atoms with Gasteiger partial charge >= 0.3 is 11.9 Å². The van der Waals surface area contributed by atoms with Crippen molar-refractivity contribution >= 4 is 41.2 Å². The van der Waals surface area contributed by atoms with Crippen LogP contribution >= 0.6 is 0 Å². The number of nitrogens with one attached hydrogen (secondary N) is 3. The van der Waals surface area contributed by atoms with Gasteiger partial charge in [0.15, 0.2) is 36.5 Å². The number of carbonyl (C=O) groups excluding carboxylic acids is 4. The van der Waals surface area contributed by atoms with E-state index in [-0.39, 0.29) is 29.6 Å². The molecule has 3 aromatic rings. The molecule has 0 spiro atoms. The minimum absolute atomic E-state index is 0.0187. The molecule has 3 heterocycles. The number of aromatic nitrogens is 3. The maximum absolute atomic E-state index is 14.2. The Morgan fingerprint density at radius 3 is 2.44 bits per heavy atom. The summed E-state index contributed by atoms with van der Waals surface area (Å²) in [6.07, 6.45) is 1.35. The Balaban J connectivity index is 1.81. The van der Waals surface area contributed by atoms with Crippen molar-refractivity contribution in [2.24, 2.45) is 0 Å². The molecule has 4 rings (SSSR count). The number of benzene rings is 1. The number of ether oxygens (including phenoxy) is 2. The molecule has 0 saturated carbocycles. The van der Waals surface area contributed by atoms with Gasteiger partial charge in [0.25, 0.3) is 11.5 Å². The van der Waals surface area contributed by atoms with Gasteiger partial charge in [-0.25, -0.2) is 0 Å². The number of hydrogen-bond acceptors (Lipinski definition) is 9. The van der Waals surface area contributed by atoms with Crippen LogP contribution in [0.5, 0.6) is 0 Å². The molecule has 13 heteroatoms. The minimum atomic E-state index is -1.14. The predicted octanol–water partition coefficient (Wildman–Crippen LogP) is 1.39. The summed E-state index contributed by atoms with van der Waals surface area (Å²) in [5, 5.41) is 5.42. The molecule has 0 saturated heterocycles. The number of anilines is 3. The fourth-order valence-electron chi connectivity index (χ4n) is 4.70. The standard InChI is InChI=1S/C28H30N6O7/c1-16(40-18(3)36)24(41-19(4)37)22-13-29-25-23(26(38)32-28(31-25)30-17(2)35)34(22)27(39)21-11-8-12-33(15-21)14-20-9-6-5-7-10-20/h5-12,15-16,22,24H,13-14H2,1-4H3,(H2-,29,30,31,32,35,38)/p+1/t16?,22-,24?/m1/s1. The van der Waals surface area contributed by atoms with Crippen molar-refractivity contribution in [1.82, 2.24) is 9.97 Å². The van der Waals surface area contributed by atoms with Crippen LogP contribution in [0, 0.1) is 0 Å². The highest BCUT2D eigenvalue weighted by molar-refractivity contribution is 6.08. The van der Waals surface area contributed by atoms with E-state index in [0.717, 1.165) is 5.56 Å². The number of nitrogens with zero attached hydrogens (tertiary/aromatic N) is 3. The second kappa shape index (κ2) is 12.4. The number of fused-ring (bicyclic) bond motifs is 1. The third-order valence-electron chi connectivity index (χ3n) is 6.27. The quantitative estimate of drug-likeness (QED) is 0.271. The number of H-pyrrole nitrogens is 1. The highest BCUT2D eigenvalue weighted by Crippen LogP contribution is 2.31. The van der Waals surface area contributed by atoms with Crippen molar-refractivity contribution in [2.45, 2.75) is 52.5 Å². The summed E-state index contributed by atoms with van der Waals surface area (Å²) in [7, 11) is 0. The number of amides is 2. The first-order chi connectivity index (χ1) is 19.5. The van der Waals surface area contributed by atoms with Gasteiger partial charge in [-0.05, 0) is 13.0 Å². The van der Waals surface area contributed by atoms with Crippen LogP contribution in [0.25, 0.3) is 0 Å². The van der Waals surface area contributed by atoms with Crippen LogP contribution in [-0.4, -0.2) is 58.5 Å². The summed E-state index contributed by atoms with van der Waals surface area (Å²) in [6, 6.07) is 12.0. The molecule has 3 atom stereocenters. The molecule has 3 N–H and O–H groups in total. The molecule has 2 aromatic heterocycles. The molecule has 214 valence electrons. The van der Waals surface area contributed by atoms with Crippen molar-refractivity contribution in [1.29, 1.82) is 0 Å². The highest BCUT2D eigenvalue weighted by Gasteiger charge is 2.44. The molecule has 0 radical (unpaired) electrons. The Morgan fingerprint density at radius 2 is 1.78 bits per heavy atom. The van der Waals surface area contributed by atoms with Gasteiger partial charge < -0.3 is 14.8 Å². The van der Waals surface area contributed by atoms with Gasteiger partial charge in [0.2, 0.25) is 11.9 Å². The maximum atomic E-state index is 14.2. The second-order valence-corrected chi connectivity index (χ2v) is 9.56. The molecular weight excluding hydrogens is 532 g/mol. The number of carbonyl (C=O) groups is 4. The van der Waals surface area contributed by atoms with E-state index in [2.05, 4.69) is 20.6 Å². The van der Waals surface area contributed by atoms with Gasteiger partial charge in [-0.2, -0.15) is 9.55 Å². The summed E-state index contributed by atoms with van der Waals surface area (Å²) in [5.74, 6) is -2.37. The number of aromatic amines is 1. The number of pyridine rings is 1. The van der Waals surface area contributed by atoms with Crippen molar-refractivity contribution in [3.63, 3.8) is 0 Å². The van der Waals surface area contributed by atoms with Crippen LogP contribution in [0.15, 0.2) is 59.7 Å². The van der Waals surface area contributed by atoms with E-state index in [1.54, 1.807) is 18.3 Å². The summed E-state index contributed by atoms with van der Waals surface area (Å²) in [5.41, 5.74) is 0.391. The molecule has 1 aliphatic heterocycles.